The topological polar surface area (TPSA) is 57.2 Å². The van der Waals surface area contributed by atoms with Crippen molar-refractivity contribution in [2.24, 2.45) is 5.92 Å². The fourth-order valence-corrected chi connectivity index (χ4v) is 2.49. The molecule has 0 saturated heterocycles. The van der Waals surface area contributed by atoms with Crippen molar-refractivity contribution < 1.29 is 24.1 Å². The summed E-state index contributed by atoms with van der Waals surface area (Å²) in [5, 5.41) is 8.53. The molecular weight excluding hydrogens is 308 g/mol. The van der Waals surface area contributed by atoms with Crippen molar-refractivity contribution in [3.8, 4) is 0 Å². The van der Waals surface area contributed by atoms with Gasteiger partial charge in [-0.1, -0.05) is 52.4 Å². The third-order valence-electron chi connectivity index (χ3n) is 4.07. The van der Waals surface area contributed by atoms with Crippen LogP contribution in [-0.4, -0.2) is 64.6 Å². The van der Waals surface area contributed by atoms with E-state index in [1.165, 1.54) is 44.9 Å². The van der Waals surface area contributed by atoms with E-state index >= 15 is 0 Å². The van der Waals surface area contributed by atoms with Crippen LogP contribution < -0.4 is 0 Å². The molecule has 0 saturated carbocycles. The van der Waals surface area contributed by atoms with Crippen LogP contribution in [0.4, 0.5) is 0 Å². The molecule has 24 heavy (non-hydrogen) atoms. The Balaban J connectivity index is 3.20. The normalized spacial score (nSPS) is 12.6. The summed E-state index contributed by atoms with van der Waals surface area (Å²) in [5.41, 5.74) is 0. The average molecular weight is 349 g/mol. The fourth-order valence-electron chi connectivity index (χ4n) is 2.49. The van der Waals surface area contributed by atoms with Gasteiger partial charge in [0, 0.05) is 6.61 Å². The van der Waals surface area contributed by atoms with Crippen LogP contribution in [0.25, 0.3) is 0 Å². The molecule has 5 nitrogen and oxygen atoms in total. The minimum absolute atomic E-state index is 0.0565. The first-order valence-corrected chi connectivity index (χ1v) is 9.76. The minimum atomic E-state index is 0.0565. The van der Waals surface area contributed by atoms with Crippen LogP contribution in [0.5, 0.6) is 0 Å². The molecule has 0 amide bonds. The van der Waals surface area contributed by atoms with Gasteiger partial charge in [0.15, 0.2) is 0 Å². The van der Waals surface area contributed by atoms with Crippen LogP contribution in [0.2, 0.25) is 0 Å². The Morgan fingerprint density at radius 2 is 1.17 bits per heavy atom. The van der Waals surface area contributed by atoms with Crippen molar-refractivity contribution in [3.63, 3.8) is 0 Å². The van der Waals surface area contributed by atoms with Gasteiger partial charge in [-0.15, -0.1) is 0 Å². The second-order valence-corrected chi connectivity index (χ2v) is 6.09. The monoisotopic (exact) mass is 348 g/mol. The molecule has 1 atom stereocenters. The molecule has 1 N–H and O–H groups in total. The highest BCUT2D eigenvalue weighted by Crippen LogP contribution is 2.17. The van der Waals surface area contributed by atoms with Gasteiger partial charge >= 0.3 is 0 Å². The molecule has 0 aliphatic carbocycles. The zero-order valence-electron chi connectivity index (χ0n) is 16.0. The van der Waals surface area contributed by atoms with Crippen molar-refractivity contribution in [3.05, 3.63) is 0 Å². The van der Waals surface area contributed by atoms with Crippen LogP contribution in [0, 0.1) is 5.92 Å². The Labute approximate surface area is 149 Å². The van der Waals surface area contributed by atoms with Crippen LogP contribution in [0.3, 0.4) is 0 Å². The Kier molecular flexibility index (Phi) is 20.7. The summed E-state index contributed by atoms with van der Waals surface area (Å²) in [4.78, 5) is 0. The molecule has 0 aromatic rings. The molecule has 0 fully saturated rings. The van der Waals surface area contributed by atoms with E-state index in [1.54, 1.807) is 0 Å². The van der Waals surface area contributed by atoms with Crippen molar-refractivity contribution in [2.45, 2.75) is 58.8 Å². The molecule has 0 radical (unpaired) electrons. The molecule has 146 valence electrons. The number of hydrogen-bond donors (Lipinski definition) is 1. The molecule has 0 aromatic heterocycles. The fraction of sp³-hybridized carbons (Fsp3) is 1.00. The average Bonchev–Trinajstić information content (AvgIpc) is 2.60. The van der Waals surface area contributed by atoms with Gasteiger partial charge in [-0.2, -0.15) is 0 Å². The predicted octanol–water partition coefficient (Wildman–Crippen LogP) is 3.43. The summed E-state index contributed by atoms with van der Waals surface area (Å²) in [7, 11) is 0. The van der Waals surface area contributed by atoms with E-state index in [1.807, 2.05) is 0 Å². The van der Waals surface area contributed by atoms with Crippen LogP contribution >= 0.6 is 0 Å². The second-order valence-electron chi connectivity index (χ2n) is 6.09. The van der Waals surface area contributed by atoms with E-state index in [0.717, 1.165) is 12.5 Å². The Hall–Kier alpha value is -0.200. The standard InChI is InChI=1S/C19H40O5/c1-3-5-6-7-8-19(4-2)9-11-21-13-15-23-17-18-24-16-14-22-12-10-20/h19-20H,3-18H2,1-2H3. The maximum atomic E-state index is 8.53. The lowest BCUT2D eigenvalue weighted by Gasteiger charge is -2.14. The smallest absolute Gasteiger partial charge is 0.0701 e. The number of ether oxygens (including phenoxy) is 4. The van der Waals surface area contributed by atoms with Gasteiger partial charge in [0.25, 0.3) is 0 Å². The summed E-state index contributed by atoms with van der Waals surface area (Å²) < 4.78 is 21.5. The predicted molar refractivity (Wildman–Crippen MR) is 97.5 cm³/mol. The van der Waals surface area contributed by atoms with Crippen LogP contribution in [0.15, 0.2) is 0 Å². The van der Waals surface area contributed by atoms with Crippen LogP contribution in [0.1, 0.15) is 58.8 Å². The first-order valence-electron chi connectivity index (χ1n) is 9.76. The highest BCUT2D eigenvalue weighted by atomic mass is 16.6. The maximum absolute atomic E-state index is 8.53. The van der Waals surface area contributed by atoms with E-state index in [0.29, 0.717) is 46.2 Å². The lowest BCUT2D eigenvalue weighted by atomic mass is 9.95. The van der Waals surface area contributed by atoms with Gasteiger partial charge < -0.3 is 24.1 Å². The molecule has 1 unspecified atom stereocenters. The zero-order valence-corrected chi connectivity index (χ0v) is 16.0. The molecule has 0 heterocycles. The number of rotatable bonds is 20. The van der Waals surface area contributed by atoms with Gasteiger partial charge in [-0.05, 0) is 12.3 Å². The van der Waals surface area contributed by atoms with Gasteiger partial charge in [-0.3, -0.25) is 0 Å². The summed E-state index contributed by atoms with van der Waals surface area (Å²) >= 11 is 0. The molecular formula is C19H40O5. The Morgan fingerprint density at radius 3 is 1.67 bits per heavy atom. The number of aliphatic hydroxyl groups is 1. The highest BCUT2D eigenvalue weighted by Gasteiger charge is 2.05. The quantitative estimate of drug-likeness (QED) is 0.342. The van der Waals surface area contributed by atoms with Gasteiger partial charge in [-0.25, -0.2) is 0 Å². The zero-order chi connectivity index (χ0) is 17.7. The molecule has 0 aliphatic heterocycles. The van der Waals surface area contributed by atoms with Gasteiger partial charge in [0.2, 0.25) is 0 Å². The van der Waals surface area contributed by atoms with Gasteiger partial charge in [0.1, 0.15) is 0 Å². The molecule has 5 heteroatoms. The molecule has 0 spiro atoms. The van der Waals surface area contributed by atoms with Crippen molar-refractivity contribution in [1.82, 2.24) is 0 Å². The summed E-state index contributed by atoms with van der Waals surface area (Å²) in [5.74, 6) is 0.809. The van der Waals surface area contributed by atoms with E-state index in [2.05, 4.69) is 13.8 Å². The third kappa shape index (κ3) is 18.1. The maximum Gasteiger partial charge on any atom is 0.0701 e. The molecule has 0 aliphatic rings. The third-order valence-corrected chi connectivity index (χ3v) is 4.07. The van der Waals surface area contributed by atoms with Crippen LogP contribution in [-0.2, 0) is 18.9 Å². The molecule has 0 bridgehead atoms. The SMILES string of the molecule is CCCCCCC(CC)CCOCCOCCOCCOCCO. The Bertz CT molecular complexity index is 226. The second kappa shape index (κ2) is 20.8. The molecule has 0 aromatic carbocycles. The summed E-state index contributed by atoms with van der Waals surface area (Å²) in [6, 6.07) is 0. The van der Waals surface area contributed by atoms with Gasteiger partial charge in [0.05, 0.1) is 52.9 Å². The van der Waals surface area contributed by atoms with E-state index < -0.39 is 0 Å². The first-order chi connectivity index (χ1) is 11.8. The first kappa shape index (κ1) is 23.8. The summed E-state index contributed by atoms with van der Waals surface area (Å²) in [6.45, 7) is 9.29. The minimum Gasteiger partial charge on any atom is -0.394 e. The molecule has 0 rings (SSSR count). The number of unbranched alkanes of at least 4 members (excludes halogenated alkanes) is 3. The van der Waals surface area contributed by atoms with E-state index in [-0.39, 0.29) is 6.61 Å². The lowest BCUT2D eigenvalue weighted by Crippen LogP contribution is -2.13. The Morgan fingerprint density at radius 1 is 0.625 bits per heavy atom. The van der Waals surface area contributed by atoms with Crippen molar-refractivity contribution >= 4 is 0 Å². The highest BCUT2D eigenvalue weighted by molar-refractivity contribution is 4.57. The summed E-state index contributed by atoms with van der Waals surface area (Å²) in [6.07, 6.45) is 9.17. The number of aliphatic hydroxyl groups excluding tert-OH is 1. The van der Waals surface area contributed by atoms with E-state index in [9.17, 15) is 0 Å². The lowest BCUT2D eigenvalue weighted by molar-refractivity contribution is -0.00661. The van der Waals surface area contributed by atoms with Crippen molar-refractivity contribution in [1.29, 1.82) is 0 Å². The van der Waals surface area contributed by atoms with Crippen molar-refractivity contribution in [2.75, 3.05) is 59.5 Å². The largest absolute Gasteiger partial charge is 0.394 e. The number of hydrogen-bond acceptors (Lipinski definition) is 5. The van der Waals surface area contributed by atoms with E-state index in [4.69, 9.17) is 24.1 Å².